The van der Waals surface area contributed by atoms with Crippen LogP contribution in [0.1, 0.15) is 5.56 Å². The molecule has 6 heteroatoms. The molecule has 0 radical (unpaired) electrons. The first-order chi connectivity index (χ1) is 8.47. The van der Waals surface area contributed by atoms with Crippen LogP contribution in [0.3, 0.4) is 0 Å². The Morgan fingerprint density at radius 1 is 1.39 bits per heavy atom. The summed E-state index contributed by atoms with van der Waals surface area (Å²) in [5.41, 5.74) is 0.804. The maximum atomic E-state index is 12.9. The van der Waals surface area contributed by atoms with E-state index in [2.05, 4.69) is 5.32 Å². The fraction of sp³-hybridized carbons (Fsp3) is 0.500. The van der Waals surface area contributed by atoms with Gasteiger partial charge in [0.2, 0.25) is 0 Å². The summed E-state index contributed by atoms with van der Waals surface area (Å²) >= 11 is 5.84. The molecular weight excluding hydrogens is 265 g/mol. The molecule has 0 spiro atoms. The normalized spacial score (nSPS) is 22.1. The minimum absolute atomic E-state index is 0.0515. The lowest BCUT2D eigenvalue weighted by Gasteiger charge is -2.37. The van der Waals surface area contributed by atoms with Gasteiger partial charge >= 0.3 is 6.18 Å². The minimum Gasteiger partial charge on any atom is -0.314 e. The van der Waals surface area contributed by atoms with Gasteiger partial charge in [-0.2, -0.15) is 13.2 Å². The zero-order valence-corrected chi connectivity index (χ0v) is 10.4. The van der Waals surface area contributed by atoms with Gasteiger partial charge in [0.15, 0.2) is 0 Å². The van der Waals surface area contributed by atoms with E-state index in [-0.39, 0.29) is 13.1 Å². The van der Waals surface area contributed by atoms with Crippen molar-refractivity contribution in [2.45, 2.75) is 18.8 Å². The molecule has 1 saturated heterocycles. The number of hydrogen-bond donors (Lipinski definition) is 1. The largest absolute Gasteiger partial charge is 0.405 e. The minimum atomic E-state index is -4.20. The maximum absolute atomic E-state index is 12.9. The Balaban J connectivity index is 2.10. The van der Waals surface area contributed by atoms with Crippen LogP contribution in [0, 0.1) is 0 Å². The summed E-state index contributed by atoms with van der Waals surface area (Å²) in [6, 6.07) is 5.54. The first-order valence-electron chi connectivity index (χ1n) is 5.73. The summed E-state index contributed by atoms with van der Waals surface area (Å²) in [5, 5.41) is 3.33. The van der Waals surface area contributed by atoms with Crippen LogP contribution < -0.4 is 5.32 Å². The molecule has 0 aromatic heterocycles. The number of alkyl halides is 3. The summed E-state index contributed by atoms with van der Waals surface area (Å²) in [6.45, 7) is 1.18. The van der Waals surface area contributed by atoms with E-state index in [0.717, 1.165) is 5.56 Å². The Hall–Kier alpha value is -0.780. The molecule has 18 heavy (non-hydrogen) atoms. The van der Waals surface area contributed by atoms with Crippen molar-refractivity contribution in [2.75, 3.05) is 19.6 Å². The second-order valence-electron chi connectivity index (χ2n) is 4.36. The van der Waals surface area contributed by atoms with Crippen molar-refractivity contribution in [3.63, 3.8) is 0 Å². The van der Waals surface area contributed by atoms with Crippen molar-refractivity contribution in [1.82, 2.24) is 10.2 Å². The zero-order valence-electron chi connectivity index (χ0n) is 9.67. The van der Waals surface area contributed by atoms with Crippen molar-refractivity contribution in [3.05, 3.63) is 34.9 Å². The molecule has 1 N–H and O–H groups in total. The van der Waals surface area contributed by atoms with Gasteiger partial charge in [-0.3, -0.25) is 4.90 Å². The Morgan fingerprint density at radius 2 is 2.17 bits per heavy atom. The third kappa shape index (κ3) is 3.37. The van der Waals surface area contributed by atoms with Gasteiger partial charge in [-0.1, -0.05) is 23.7 Å². The number of rotatable bonds is 2. The van der Waals surface area contributed by atoms with Crippen LogP contribution in [0.25, 0.3) is 0 Å². The van der Waals surface area contributed by atoms with Crippen molar-refractivity contribution < 1.29 is 13.2 Å². The van der Waals surface area contributed by atoms with Gasteiger partial charge in [-0.25, -0.2) is 0 Å². The van der Waals surface area contributed by atoms with E-state index in [9.17, 15) is 13.2 Å². The highest BCUT2D eigenvalue weighted by Crippen LogP contribution is 2.27. The first kappa shape index (κ1) is 13.6. The van der Waals surface area contributed by atoms with Crippen LogP contribution in [0.15, 0.2) is 24.3 Å². The van der Waals surface area contributed by atoms with Crippen LogP contribution in [0.4, 0.5) is 13.2 Å². The third-order valence-corrected chi connectivity index (χ3v) is 3.24. The quantitative estimate of drug-likeness (QED) is 0.895. The molecule has 0 saturated carbocycles. The molecule has 1 aromatic carbocycles. The third-order valence-electron chi connectivity index (χ3n) is 3.01. The fourth-order valence-corrected chi connectivity index (χ4v) is 2.34. The summed E-state index contributed by atoms with van der Waals surface area (Å²) < 4.78 is 38.6. The molecule has 1 aromatic rings. The van der Waals surface area contributed by atoms with E-state index in [4.69, 9.17) is 11.6 Å². The topological polar surface area (TPSA) is 15.3 Å². The lowest BCUT2D eigenvalue weighted by Crippen LogP contribution is -2.57. The van der Waals surface area contributed by atoms with Gasteiger partial charge in [0.05, 0.1) is 0 Å². The monoisotopic (exact) mass is 278 g/mol. The van der Waals surface area contributed by atoms with Gasteiger partial charge in [-0.05, 0) is 17.7 Å². The van der Waals surface area contributed by atoms with E-state index in [1.165, 1.54) is 4.90 Å². The van der Waals surface area contributed by atoms with Gasteiger partial charge in [0, 0.05) is 31.2 Å². The number of benzene rings is 1. The molecule has 2 rings (SSSR count). The highest BCUT2D eigenvalue weighted by molar-refractivity contribution is 6.30. The number of halogens is 4. The molecule has 1 unspecified atom stereocenters. The van der Waals surface area contributed by atoms with Crippen LogP contribution in [-0.2, 0) is 6.54 Å². The molecule has 1 fully saturated rings. The summed E-state index contributed by atoms with van der Waals surface area (Å²) in [4.78, 5) is 1.45. The molecule has 0 aliphatic carbocycles. The highest BCUT2D eigenvalue weighted by atomic mass is 35.5. The Bertz CT molecular complexity index is 409. The van der Waals surface area contributed by atoms with Crippen molar-refractivity contribution in [2.24, 2.45) is 0 Å². The number of piperazine rings is 1. The average molecular weight is 279 g/mol. The molecule has 2 nitrogen and oxygen atoms in total. The molecule has 1 aliphatic heterocycles. The fourth-order valence-electron chi connectivity index (χ4n) is 2.13. The van der Waals surface area contributed by atoms with Crippen LogP contribution in [-0.4, -0.2) is 36.8 Å². The molecule has 0 amide bonds. The lowest BCUT2D eigenvalue weighted by molar-refractivity contribution is -0.188. The predicted molar refractivity (Wildman–Crippen MR) is 64.6 cm³/mol. The molecule has 1 aliphatic rings. The molecule has 0 bridgehead atoms. The zero-order chi connectivity index (χ0) is 13.2. The van der Waals surface area contributed by atoms with Crippen LogP contribution >= 0.6 is 11.6 Å². The molecule has 1 atom stereocenters. The van der Waals surface area contributed by atoms with E-state index < -0.39 is 12.2 Å². The van der Waals surface area contributed by atoms with Crippen LogP contribution in [0.2, 0.25) is 5.02 Å². The summed E-state index contributed by atoms with van der Waals surface area (Å²) in [5.74, 6) is 0. The van der Waals surface area contributed by atoms with E-state index in [1.807, 2.05) is 0 Å². The van der Waals surface area contributed by atoms with Crippen molar-refractivity contribution in [1.29, 1.82) is 0 Å². The second kappa shape index (κ2) is 5.47. The first-order valence-corrected chi connectivity index (χ1v) is 6.10. The van der Waals surface area contributed by atoms with Gasteiger partial charge < -0.3 is 5.32 Å². The van der Waals surface area contributed by atoms with E-state index in [1.54, 1.807) is 24.3 Å². The van der Waals surface area contributed by atoms with Gasteiger partial charge in [0.25, 0.3) is 0 Å². The summed E-state index contributed by atoms with van der Waals surface area (Å²) in [6.07, 6.45) is -4.20. The van der Waals surface area contributed by atoms with Crippen molar-refractivity contribution in [3.8, 4) is 0 Å². The number of nitrogens with one attached hydrogen (secondary N) is 1. The predicted octanol–water partition coefficient (Wildman–Crippen LogP) is 2.68. The molecule has 1 heterocycles. The molecule has 100 valence electrons. The highest BCUT2D eigenvalue weighted by Gasteiger charge is 2.44. The number of nitrogens with zero attached hydrogens (tertiary/aromatic N) is 1. The average Bonchev–Trinajstić information content (AvgIpc) is 2.28. The van der Waals surface area contributed by atoms with Crippen LogP contribution in [0.5, 0.6) is 0 Å². The smallest absolute Gasteiger partial charge is 0.314 e. The molecular formula is C12H14ClF3N2. The van der Waals surface area contributed by atoms with E-state index in [0.29, 0.717) is 18.1 Å². The van der Waals surface area contributed by atoms with E-state index >= 15 is 0 Å². The summed E-state index contributed by atoms with van der Waals surface area (Å²) in [7, 11) is 0. The second-order valence-corrected chi connectivity index (χ2v) is 4.80. The lowest BCUT2D eigenvalue weighted by atomic mass is 10.1. The van der Waals surface area contributed by atoms with Gasteiger partial charge in [0.1, 0.15) is 6.04 Å². The Kier molecular flexibility index (Phi) is 4.14. The Labute approximate surface area is 109 Å². The maximum Gasteiger partial charge on any atom is 0.405 e. The number of hydrogen-bond acceptors (Lipinski definition) is 2. The SMILES string of the molecule is FC(F)(F)C1CNCCN1Cc1cccc(Cl)c1. The Morgan fingerprint density at radius 3 is 2.83 bits per heavy atom. The standard InChI is InChI=1S/C12H14ClF3N2/c13-10-3-1-2-9(6-10)8-18-5-4-17-7-11(18)12(14,15)16/h1-3,6,11,17H,4-5,7-8H2. The van der Waals surface area contributed by atoms with Crippen molar-refractivity contribution >= 4 is 11.6 Å². The van der Waals surface area contributed by atoms with Gasteiger partial charge in [-0.15, -0.1) is 0 Å².